The largest absolute Gasteiger partial charge is 0.0587 e. The topological polar surface area (TPSA) is 0 Å². The first-order valence-electron chi connectivity index (χ1n) is 7.39. The maximum absolute atomic E-state index is 3.24. The zero-order chi connectivity index (χ0) is 15.9. The lowest BCUT2D eigenvalue weighted by Gasteiger charge is -2.10. The number of hydrogen-bond donors (Lipinski definition) is 0. The molecule has 0 aliphatic heterocycles. The summed E-state index contributed by atoms with van der Waals surface area (Å²) in [5.74, 6) is 0. The summed E-state index contributed by atoms with van der Waals surface area (Å²) >= 11 is 0. The summed E-state index contributed by atoms with van der Waals surface area (Å²) in [6, 6.07) is 16.9. The van der Waals surface area contributed by atoms with E-state index in [1.807, 2.05) is 13.8 Å². The molecule has 0 unspecified atom stereocenters. The van der Waals surface area contributed by atoms with E-state index in [9.17, 15) is 0 Å². The van der Waals surface area contributed by atoms with Crippen LogP contribution in [0.2, 0.25) is 0 Å². The Balaban J connectivity index is 2.66. The molecule has 108 valence electrons. The first-order chi connectivity index (χ1) is 10.7. The van der Waals surface area contributed by atoms with Crippen LogP contribution in [0.3, 0.4) is 0 Å². The molecule has 0 atom stereocenters. The average molecular weight is 284 g/mol. The van der Waals surface area contributed by atoms with Gasteiger partial charge in [-0.05, 0) is 74.3 Å². The molecule has 0 saturated heterocycles. The van der Waals surface area contributed by atoms with E-state index in [0.29, 0.717) is 0 Å². The lowest BCUT2D eigenvalue weighted by molar-refractivity contribution is 1.43. The first-order valence-corrected chi connectivity index (χ1v) is 7.39. The van der Waals surface area contributed by atoms with E-state index in [0.717, 1.165) is 22.3 Å². The second-order valence-corrected chi connectivity index (χ2v) is 5.23. The molecule has 0 aliphatic carbocycles. The quantitative estimate of drug-likeness (QED) is 0.508. The van der Waals surface area contributed by atoms with Crippen molar-refractivity contribution in [3.8, 4) is 0 Å². The molecule has 2 aromatic carbocycles. The van der Waals surface area contributed by atoms with Crippen LogP contribution in [0.5, 0.6) is 0 Å². The molecule has 0 saturated carbocycles. The Bertz CT molecular complexity index is 629. The third-order valence-electron chi connectivity index (χ3n) is 3.43. The molecule has 0 N–H and O–H groups in total. The summed E-state index contributed by atoms with van der Waals surface area (Å²) in [7, 11) is 0. The predicted molar refractivity (Wildman–Crippen MR) is 93.5 cm³/mol. The van der Waals surface area contributed by atoms with E-state index >= 15 is 0 Å². The highest BCUT2D eigenvalue weighted by molar-refractivity contribution is 5.96. The summed E-state index contributed by atoms with van der Waals surface area (Å²) in [4.78, 5) is 0. The summed E-state index contributed by atoms with van der Waals surface area (Å²) in [6.07, 6.45) is 12.5. The van der Waals surface area contributed by atoms with Gasteiger partial charge in [-0.25, -0.2) is 0 Å². The maximum atomic E-state index is 3.24. The minimum atomic E-state index is 0.987. The van der Waals surface area contributed by atoms with Crippen molar-refractivity contribution in [2.24, 2.45) is 0 Å². The van der Waals surface area contributed by atoms with Gasteiger partial charge in [0.15, 0.2) is 0 Å². The van der Waals surface area contributed by atoms with Gasteiger partial charge in [0, 0.05) is 0 Å². The number of aryl methyl sites for hydroxylation is 2. The Kier molecular flexibility index (Phi) is 5.55. The highest BCUT2D eigenvalue weighted by Gasteiger charge is 2.08. The van der Waals surface area contributed by atoms with Crippen LogP contribution in [0.4, 0.5) is 0 Å². The molecule has 0 nitrogen and oxygen atoms in total. The minimum Gasteiger partial charge on any atom is -0.0587 e. The SMILES string of the molecule is C[C]=[C]/C(=C(\[C]=[C]C)c1ccc(C)cc1)c1ccc(C)cc1. The molecular formula is C22H20. The van der Waals surface area contributed by atoms with Crippen molar-refractivity contribution in [3.63, 3.8) is 0 Å². The lowest BCUT2D eigenvalue weighted by atomic mass is 9.93. The van der Waals surface area contributed by atoms with Crippen molar-refractivity contribution >= 4 is 11.1 Å². The number of benzene rings is 2. The molecule has 0 amide bonds. The smallest absolute Gasteiger partial charge is 0.00174 e. The second-order valence-electron chi connectivity index (χ2n) is 5.23. The second kappa shape index (κ2) is 7.61. The zero-order valence-corrected chi connectivity index (χ0v) is 13.6. The van der Waals surface area contributed by atoms with Crippen LogP contribution in [0.25, 0.3) is 11.1 Å². The molecule has 0 heteroatoms. The van der Waals surface area contributed by atoms with Crippen LogP contribution in [0.1, 0.15) is 36.1 Å². The van der Waals surface area contributed by atoms with Gasteiger partial charge in [-0.15, -0.1) is 0 Å². The van der Waals surface area contributed by atoms with Crippen LogP contribution < -0.4 is 0 Å². The Morgan fingerprint density at radius 2 is 0.909 bits per heavy atom. The van der Waals surface area contributed by atoms with Crippen molar-refractivity contribution in [1.82, 2.24) is 0 Å². The van der Waals surface area contributed by atoms with Crippen molar-refractivity contribution in [2.75, 3.05) is 0 Å². The van der Waals surface area contributed by atoms with E-state index in [4.69, 9.17) is 0 Å². The molecule has 0 fully saturated rings. The summed E-state index contributed by atoms with van der Waals surface area (Å²) in [5.41, 5.74) is 6.68. The monoisotopic (exact) mass is 284 g/mol. The third kappa shape index (κ3) is 3.85. The van der Waals surface area contributed by atoms with E-state index in [2.05, 4.69) is 86.7 Å². The van der Waals surface area contributed by atoms with Gasteiger partial charge in [-0.1, -0.05) is 59.7 Å². The lowest BCUT2D eigenvalue weighted by Crippen LogP contribution is -1.91. The van der Waals surface area contributed by atoms with E-state index in [-0.39, 0.29) is 0 Å². The molecular weight excluding hydrogens is 264 g/mol. The highest BCUT2D eigenvalue weighted by atomic mass is 14.1. The van der Waals surface area contributed by atoms with Crippen LogP contribution in [-0.4, -0.2) is 0 Å². The van der Waals surface area contributed by atoms with Crippen LogP contribution in [-0.2, 0) is 0 Å². The van der Waals surface area contributed by atoms with Gasteiger partial charge in [0.25, 0.3) is 0 Å². The zero-order valence-electron chi connectivity index (χ0n) is 13.6. The number of hydrogen-bond acceptors (Lipinski definition) is 0. The molecule has 22 heavy (non-hydrogen) atoms. The number of allylic oxidation sites excluding steroid dienone is 6. The predicted octanol–water partition coefficient (Wildman–Crippen LogP) is 5.58. The van der Waals surface area contributed by atoms with Gasteiger partial charge in [0.1, 0.15) is 0 Å². The van der Waals surface area contributed by atoms with E-state index in [1.54, 1.807) is 0 Å². The van der Waals surface area contributed by atoms with E-state index < -0.39 is 0 Å². The van der Waals surface area contributed by atoms with Crippen molar-refractivity contribution in [1.29, 1.82) is 0 Å². The summed E-state index contributed by atoms with van der Waals surface area (Å²) in [5, 5.41) is 0. The van der Waals surface area contributed by atoms with Crippen LogP contribution >= 0.6 is 0 Å². The Morgan fingerprint density at radius 1 is 0.591 bits per heavy atom. The van der Waals surface area contributed by atoms with Crippen LogP contribution in [0.15, 0.2) is 48.5 Å². The summed E-state index contributed by atoms with van der Waals surface area (Å²) < 4.78 is 0. The summed E-state index contributed by atoms with van der Waals surface area (Å²) in [6.45, 7) is 7.90. The molecule has 0 bridgehead atoms. The third-order valence-corrected chi connectivity index (χ3v) is 3.43. The van der Waals surface area contributed by atoms with Crippen molar-refractivity contribution < 1.29 is 0 Å². The maximum Gasteiger partial charge on any atom is -0.00174 e. The fourth-order valence-corrected chi connectivity index (χ4v) is 2.25. The minimum absolute atomic E-state index is 0.987. The number of rotatable bonds is 4. The Hall–Kier alpha value is -2.34. The van der Waals surface area contributed by atoms with E-state index in [1.165, 1.54) is 11.1 Å². The molecule has 0 aliphatic rings. The van der Waals surface area contributed by atoms with Gasteiger partial charge in [0.05, 0.1) is 0 Å². The molecule has 2 rings (SSSR count). The molecule has 0 heterocycles. The van der Waals surface area contributed by atoms with Gasteiger partial charge in [-0.3, -0.25) is 0 Å². The normalized spacial score (nSPS) is 12.9. The molecule has 0 aromatic heterocycles. The van der Waals surface area contributed by atoms with Gasteiger partial charge < -0.3 is 0 Å². The van der Waals surface area contributed by atoms with Crippen molar-refractivity contribution in [3.05, 3.63) is 95.1 Å². The molecule has 4 radical (unpaired) electrons. The Morgan fingerprint density at radius 3 is 1.18 bits per heavy atom. The fourth-order valence-electron chi connectivity index (χ4n) is 2.25. The fraction of sp³-hybridized carbons (Fsp3) is 0.182. The standard InChI is InChI=1S/C22H20/c1-5-7-21(19-13-9-17(3)10-14-19)22(8-6-2)20-15-11-18(4)12-16-20/h9-16H,1-4H3/b7-5?,8-6?,22-21-. The average Bonchev–Trinajstić information content (AvgIpc) is 2.53. The van der Waals surface area contributed by atoms with Crippen LogP contribution in [0, 0.1) is 38.2 Å². The highest BCUT2D eigenvalue weighted by Crippen LogP contribution is 2.28. The molecule has 0 spiro atoms. The van der Waals surface area contributed by atoms with Gasteiger partial charge in [0.2, 0.25) is 0 Å². The van der Waals surface area contributed by atoms with Crippen molar-refractivity contribution in [2.45, 2.75) is 27.7 Å². The van der Waals surface area contributed by atoms with Gasteiger partial charge in [-0.2, -0.15) is 0 Å². The Labute approximate surface area is 134 Å². The molecule has 2 aromatic rings. The van der Waals surface area contributed by atoms with Gasteiger partial charge >= 0.3 is 0 Å². The first kappa shape index (κ1) is 16.0.